The van der Waals surface area contributed by atoms with E-state index in [-0.39, 0.29) is 12.2 Å². The zero-order valence-electron chi connectivity index (χ0n) is 6.34. The summed E-state index contributed by atoms with van der Waals surface area (Å²) < 4.78 is 35.8. The summed E-state index contributed by atoms with van der Waals surface area (Å²) in [5.74, 6) is 0. The predicted octanol–water partition coefficient (Wildman–Crippen LogP) is 1.91. The minimum absolute atomic E-state index is 0.0505. The largest absolute Gasteiger partial charge is 0.434 e. The molecular weight excluding hydrogens is 183 g/mol. The molecule has 0 radical (unpaired) electrons. The average Bonchev–Trinajstić information content (AvgIpc) is 2.04. The summed E-state index contributed by atoms with van der Waals surface area (Å²) in [6, 6.07) is 0. The first kappa shape index (κ1) is 9.45. The van der Waals surface area contributed by atoms with Gasteiger partial charge in [-0.2, -0.15) is 13.2 Å². The van der Waals surface area contributed by atoms with Gasteiger partial charge in [0.05, 0.1) is 12.4 Å². The second kappa shape index (κ2) is 3.39. The smallest absolute Gasteiger partial charge is 0.310 e. The molecule has 0 bridgehead atoms. The van der Waals surface area contributed by atoms with Crippen LogP contribution in [0.2, 0.25) is 0 Å². The molecule has 0 unspecified atom stereocenters. The van der Waals surface area contributed by atoms with Crippen molar-refractivity contribution in [2.24, 2.45) is 0 Å². The molecule has 0 saturated heterocycles. The van der Waals surface area contributed by atoms with Crippen LogP contribution in [0.3, 0.4) is 0 Å². The Morgan fingerprint density at radius 2 is 2.00 bits per heavy atom. The molecule has 0 N–H and O–H groups in total. The standard InChI is InChI=1S/C7H4F3N3/c1-11-2-5-3-13-6(4-12-5)7(8,9)10/h3-4H,2H2. The van der Waals surface area contributed by atoms with Crippen molar-refractivity contribution in [3.05, 3.63) is 35.2 Å². The third-order valence-electron chi connectivity index (χ3n) is 1.24. The Labute approximate surface area is 72.1 Å². The summed E-state index contributed by atoms with van der Waals surface area (Å²) in [5.41, 5.74) is -0.802. The van der Waals surface area contributed by atoms with Crippen molar-refractivity contribution < 1.29 is 13.2 Å². The van der Waals surface area contributed by atoms with E-state index in [0.29, 0.717) is 6.20 Å². The van der Waals surface area contributed by atoms with Crippen molar-refractivity contribution in [2.45, 2.75) is 12.7 Å². The number of aromatic nitrogens is 2. The summed E-state index contributed by atoms with van der Waals surface area (Å²) in [5, 5.41) is 0. The molecule has 1 heterocycles. The first-order valence-corrected chi connectivity index (χ1v) is 3.25. The fourth-order valence-electron chi connectivity index (χ4n) is 0.664. The molecule has 0 atom stereocenters. The number of alkyl halides is 3. The molecular formula is C7H4F3N3. The van der Waals surface area contributed by atoms with Crippen molar-refractivity contribution in [3.8, 4) is 0 Å². The van der Waals surface area contributed by atoms with E-state index in [4.69, 9.17) is 6.57 Å². The summed E-state index contributed by atoms with van der Waals surface area (Å²) in [7, 11) is 0. The molecule has 1 aromatic rings. The lowest BCUT2D eigenvalue weighted by molar-refractivity contribution is -0.141. The quantitative estimate of drug-likeness (QED) is 0.628. The van der Waals surface area contributed by atoms with Crippen LogP contribution in [-0.2, 0) is 12.7 Å². The van der Waals surface area contributed by atoms with E-state index in [0.717, 1.165) is 6.20 Å². The molecule has 0 aliphatic carbocycles. The molecule has 6 heteroatoms. The number of hydrogen-bond donors (Lipinski definition) is 0. The van der Waals surface area contributed by atoms with Crippen LogP contribution in [-0.4, -0.2) is 9.97 Å². The van der Waals surface area contributed by atoms with Gasteiger partial charge in [0, 0.05) is 0 Å². The van der Waals surface area contributed by atoms with Gasteiger partial charge >= 0.3 is 6.18 Å². The summed E-state index contributed by atoms with van der Waals surface area (Å²) >= 11 is 0. The van der Waals surface area contributed by atoms with Gasteiger partial charge in [0.25, 0.3) is 6.54 Å². The van der Waals surface area contributed by atoms with Gasteiger partial charge < -0.3 is 4.85 Å². The first-order valence-electron chi connectivity index (χ1n) is 3.25. The van der Waals surface area contributed by atoms with Gasteiger partial charge in [-0.25, -0.2) is 16.5 Å². The van der Waals surface area contributed by atoms with Crippen LogP contribution in [0.25, 0.3) is 4.85 Å². The molecule has 0 aliphatic rings. The van der Waals surface area contributed by atoms with E-state index < -0.39 is 11.9 Å². The molecule has 0 aromatic carbocycles. The van der Waals surface area contributed by atoms with E-state index in [1.54, 1.807) is 0 Å². The maximum absolute atomic E-state index is 11.9. The normalized spacial score (nSPS) is 10.9. The highest BCUT2D eigenvalue weighted by molar-refractivity contribution is 5.06. The van der Waals surface area contributed by atoms with Gasteiger partial charge in [-0.05, 0) is 0 Å². The third-order valence-corrected chi connectivity index (χ3v) is 1.24. The SMILES string of the molecule is [C-]#[N+]Cc1cnc(C(F)(F)F)cn1. The Balaban J connectivity index is 2.89. The Kier molecular flexibility index (Phi) is 2.46. The second-order valence-corrected chi connectivity index (χ2v) is 2.21. The Morgan fingerprint density at radius 1 is 1.31 bits per heavy atom. The molecule has 3 nitrogen and oxygen atoms in total. The van der Waals surface area contributed by atoms with Crippen LogP contribution < -0.4 is 0 Å². The maximum atomic E-state index is 11.9. The average molecular weight is 187 g/mol. The Bertz CT molecular complexity index is 322. The van der Waals surface area contributed by atoms with E-state index >= 15 is 0 Å². The number of halogens is 3. The minimum Gasteiger partial charge on any atom is -0.310 e. The van der Waals surface area contributed by atoms with Crippen LogP contribution in [0.4, 0.5) is 13.2 Å². The molecule has 0 spiro atoms. The topological polar surface area (TPSA) is 30.1 Å². The molecule has 1 aromatic heterocycles. The fraction of sp³-hybridized carbons (Fsp3) is 0.286. The zero-order valence-corrected chi connectivity index (χ0v) is 6.34. The Morgan fingerprint density at radius 3 is 2.38 bits per heavy atom. The van der Waals surface area contributed by atoms with E-state index in [1.807, 2.05) is 0 Å². The highest BCUT2D eigenvalue weighted by Crippen LogP contribution is 2.26. The molecule has 0 aliphatic heterocycles. The van der Waals surface area contributed by atoms with Gasteiger partial charge in [0.2, 0.25) is 0 Å². The van der Waals surface area contributed by atoms with Crippen LogP contribution in [0.15, 0.2) is 12.4 Å². The van der Waals surface area contributed by atoms with Gasteiger partial charge in [0.1, 0.15) is 5.69 Å². The van der Waals surface area contributed by atoms with Crippen LogP contribution in [0.5, 0.6) is 0 Å². The lowest BCUT2D eigenvalue weighted by atomic mass is 10.4. The van der Waals surface area contributed by atoms with Gasteiger partial charge in [-0.1, -0.05) is 0 Å². The number of rotatable bonds is 1. The van der Waals surface area contributed by atoms with Gasteiger partial charge in [0.15, 0.2) is 5.69 Å². The van der Waals surface area contributed by atoms with Crippen molar-refractivity contribution in [3.63, 3.8) is 0 Å². The lowest BCUT2D eigenvalue weighted by Gasteiger charge is -2.03. The van der Waals surface area contributed by atoms with Gasteiger partial charge in [-0.15, -0.1) is 0 Å². The summed E-state index contributed by atoms with van der Waals surface area (Å²) in [4.78, 5) is 9.54. The van der Waals surface area contributed by atoms with Crippen LogP contribution in [0.1, 0.15) is 11.4 Å². The minimum atomic E-state index is -4.47. The highest BCUT2D eigenvalue weighted by atomic mass is 19.4. The van der Waals surface area contributed by atoms with Crippen LogP contribution in [0, 0.1) is 6.57 Å². The van der Waals surface area contributed by atoms with E-state index in [9.17, 15) is 13.2 Å². The molecule has 0 saturated carbocycles. The lowest BCUT2D eigenvalue weighted by Crippen LogP contribution is -2.08. The third kappa shape index (κ3) is 2.40. The van der Waals surface area contributed by atoms with Crippen molar-refractivity contribution >= 4 is 0 Å². The molecule has 1 rings (SSSR count). The number of hydrogen-bond acceptors (Lipinski definition) is 2. The number of nitrogens with zero attached hydrogens (tertiary/aromatic N) is 3. The van der Waals surface area contributed by atoms with E-state index in [2.05, 4.69) is 14.8 Å². The molecule has 13 heavy (non-hydrogen) atoms. The summed E-state index contributed by atoms with van der Waals surface area (Å²) in [6.07, 6.45) is -2.88. The van der Waals surface area contributed by atoms with Crippen molar-refractivity contribution in [1.29, 1.82) is 0 Å². The fourth-order valence-corrected chi connectivity index (χ4v) is 0.664. The maximum Gasteiger partial charge on any atom is 0.434 e. The first-order chi connectivity index (χ1) is 6.04. The molecule has 68 valence electrons. The highest BCUT2D eigenvalue weighted by Gasteiger charge is 2.32. The predicted molar refractivity (Wildman–Crippen MR) is 37.3 cm³/mol. The molecule has 0 amide bonds. The van der Waals surface area contributed by atoms with Crippen LogP contribution >= 0.6 is 0 Å². The second-order valence-electron chi connectivity index (χ2n) is 2.21. The zero-order chi connectivity index (χ0) is 9.90. The van der Waals surface area contributed by atoms with Crippen molar-refractivity contribution in [1.82, 2.24) is 9.97 Å². The summed E-state index contributed by atoms with van der Waals surface area (Å²) in [6.45, 7) is 6.40. The monoisotopic (exact) mass is 187 g/mol. The van der Waals surface area contributed by atoms with E-state index in [1.165, 1.54) is 0 Å². The van der Waals surface area contributed by atoms with Crippen molar-refractivity contribution in [2.75, 3.05) is 0 Å². The molecule has 0 fully saturated rings. The Hall–Kier alpha value is -1.64. The van der Waals surface area contributed by atoms with Gasteiger partial charge in [-0.3, -0.25) is 0 Å².